The minimum atomic E-state index is 0.645. The third kappa shape index (κ3) is 2.57. The molecule has 0 bridgehead atoms. The van der Waals surface area contributed by atoms with Crippen LogP contribution in [0.5, 0.6) is 5.75 Å². The molecule has 0 fully saturated rings. The van der Waals surface area contributed by atoms with Crippen molar-refractivity contribution in [2.75, 3.05) is 12.0 Å². The van der Waals surface area contributed by atoms with Crippen molar-refractivity contribution >= 4 is 21.6 Å². The molecule has 6 nitrogen and oxygen atoms in total. The Morgan fingerprint density at radius 1 is 1.22 bits per heavy atom. The van der Waals surface area contributed by atoms with Crippen LogP contribution in [0.1, 0.15) is 5.56 Å². The summed E-state index contributed by atoms with van der Waals surface area (Å²) in [5.41, 5.74) is 3.10. The predicted molar refractivity (Wildman–Crippen MR) is 90.1 cm³/mol. The molecule has 23 heavy (non-hydrogen) atoms. The van der Waals surface area contributed by atoms with Gasteiger partial charge >= 0.3 is 0 Å². The lowest BCUT2D eigenvalue weighted by Gasteiger charge is -2.30. The Balaban J connectivity index is 1.71. The first-order valence-electron chi connectivity index (χ1n) is 7.16. The molecule has 0 unspecified atom stereocenters. The van der Waals surface area contributed by atoms with Crippen LogP contribution in [0.3, 0.4) is 0 Å². The number of pyridine rings is 1. The molecule has 116 valence electrons. The van der Waals surface area contributed by atoms with Crippen molar-refractivity contribution in [3.63, 3.8) is 0 Å². The van der Waals surface area contributed by atoms with Crippen molar-refractivity contribution in [1.29, 1.82) is 0 Å². The normalized spacial score (nSPS) is 12.7. The van der Waals surface area contributed by atoms with E-state index in [1.54, 1.807) is 19.6 Å². The fourth-order valence-corrected chi connectivity index (χ4v) is 3.04. The van der Waals surface area contributed by atoms with E-state index in [-0.39, 0.29) is 0 Å². The molecule has 1 aliphatic heterocycles. The molecule has 0 radical (unpaired) electrons. The number of ether oxygens (including phenoxy) is 1. The number of nitrogens with zero attached hydrogens (tertiary/aromatic N) is 5. The van der Waals surface area contributed by atoms with Crippen molar-refractivity contribution in [3.8, 4) is 17.3 Å². The van der Waals surface area contributed by atoms with Crippen molar-refractivity contribution in [1.82, 2.24) is 19.7 Å². The number of rotatable bonds is 3. The molecule has 3 heterocycles. The zero-order valence-corrected chi connectivity index (χ0v) is 14.1. The Morgan fingerprint density at radius 2 is 2.04 bits per heavy atom. The molecular formula is C16H14BrN5O. The number of hydrogen-bond acceptors (Lipinski definition) is 5. The first-order chi connectivity index (χ1) is 11.2. The second-order valence-electron chi connectivity index (χ2n) is 5.29. The van der Waals surface area contributed by atoms with Crippen LogP contribution in [0, 0.1) is 0 Å². The molecule has 0 amide bonds. The standard InChI is InChI=1S/C16H14BrN5O/c1-23-13-4-2-11(3-5-13)8-21-10-22-16(19-9-20-22)15-14(21)6-12(17)7-18-15/h2-7,9H,8,10H2,1H3. The number of hydrogen-bond donors (Lipinski definition) is 0. The van der Waals surface area contributed by atoms with Crippen LogP contribution >= 0.6 is 15.9 Å². The Kier molecular flexibility index (Phi) is 3.49. The van der Waals surface area contributed by atoms with Crippen molar-refractivity contribution in [3.05, 3.63) is 52.9 Å². The summed E-state index contributed by atoms with van der Waals surface area (Å²) in [6.45, 7) is 1.40. The number of anilines is 1. The molecular weight excluding hydrogens is 358 g/mol. The van der Waals surface area contributed by atoms with E-state index >= 15 is 0 Å². The highest BCUT2D eigenvalue weighted by Crippen LogP contribution is 2.35. The molecule has 2 aromatic heterocycles. The van der Waals surface area contributed by atoms with E-state index in [1.807, 2.05) is 16.8 Å². The van der Waals surface area contributed by atoms with Crippen molar-refractivity contribution < 1.29 is 4.74 Å². The summed E-state index contributed by atoms with van der Waals surface area (Å²) < 4.78 is 8.03. The smallest absolute Gasteiger partial charge is 0.180 e. The first kappa shape index (κ1) is 14.2. The Bertz CT molecular complexity index is 846. The monoisotopic (exact) mass is 371 g/mol. The molecule has 0 saturated carbocycles. The molecule has 7 heteroatoms. The third-order valence-corrected chi connectivity index (χ3v) is 4.27. The Morgan fingerprint density at radius 3 is 2.83 bits per heavy atom. The van der Waals surface area contributed by atoms with Gasteiger partial charge in [-0.3, -0.25) is 0 Å². The van der Waals surface area contributed by atoms with Crippen molar-refractivity contribution in [2.24, 2.45) is 0 Å². The number of aromatic nitrogens is 4. The van der Waals surface area contributed by atoms with Gasteiger partial charge in [-0.1, -0.05) is 12.1 Å². The van der Waals surface area contributed by atoms with Gasteiger partial charge in [-0.25, -0.2) is 14.6 Å². The largest absolute Gasteiger partial charge is 0.497 e. The van der Waals surface area contributed by atoms with E-state index in [0.717, 1.165) is 34.0 Å². The Hall–Kier alpha value is -2.41. The van der Waals surface area contributed by atoms with E-state index in [9.17, 15) is 0 Å². The maximum absolute atomic E-state index is 5.22. The van der Waals surface area contributed by atoms with E-state index in [4.69, 9.17) is 4.74 Å². The number of fused-ring (bicyclic) bond motifs is 3. The van der Waals surface area contributed by atoms with Crippen LogP contribution < -0.4 is 9.64 Å². The van der Waals surface area contributed by atoms with Gasteiger partial charge < -0.3 is 9.64 Å². The molecule has 0 atom stereocenters. The van der Waals surface area contributed by atoms with Crippen LogP contribution in [-0.2, 0) is 13.2 Å². The predicted octanol–water partition coefficient (Wildman–Crippen LogP) is 3.09. The minimum Gasteiger partial charge on any atom is -0.497 e. The van der Waals surface area contributed by atoms with Crippen molar-refractivity contribution in [2.45, 2.75) is 13.2 Å². The van der Waals surface area contributed by atoms with Gasteiger partial charge in [0.15, 0.2) is 5.82 Å². The SMILES string of the molecule is COc1ccc(CN2Cn3ncnc3-c3ncc(Br)cc32)cc1. The van der Waals surface area contributed by atoms with Crippen LogP contribution in [-0.4, -0.2) is 26.9 Å². The van der Waals surface area contributed by atoms with Gasteiger partial charge in [-0.15, -0.1) is 0 Å². The average Bonchev–Trinajstić information content (AvgIpc) is 3.04. The maximum Gasteiger partial charge on any atom is 0.180 e. The highest BCUT2D eigenvalue weighted by atomic mass is 79.9. The lowest BCUT2D eigenvalue weighted by molar-refractivity contribution is 0.414. The summed E-state index contributed by atoms with van der Waals surface area (Å²) in [6.07, 6.45) is 3.36. The zero-order valence-electron chi connectivity index (χ0n) is 12.5. The molecule has 1 aromatic carbocycles. The van der Waals surface area contributed by atoms with Gasteiger partial charge in [-0.05, 0) is 39.7 Å². The zero-order chi connectivity index (χ0) is 15.8. The van der Waals surface area contributed by atoms with E-state index in [0.29, 0.717) is 6.67 Å². The first-order valence-corrected chi connectivity index (χ1v) is 7.95. The van der Waals surface area contributed by atoms with Gasteiger partial charge in [-0.2, -0.15) is 5.10 Å². The van der Waals surface area contributed by atoms with Gasteiger partial charge in [0.1, 0.15) is 24.4 Å². The quantitative estimate of drug-likeness (QED) is 0.707. The highest BCUT2D eigenvalue weighted by Gasteiger charge is 2.25. The van der Waals surface area contributed by atoms with E-state index in [2.05, 4.69) is 54.1 Å². The molecule has 3 aromatic rings. The van der Waals surface area contributed by atoms with Crippen LogP contribution in [0.15, 0.2) is 47.3 Å². The van der Waals surface area contributed by atoms with Crippen LogP contribution in [0.2, 0.25) is 0 Å². The Labute approximate surface area is 141 Å². The lowest BCUT2D eigenvalue weighted by Crippen LogP contribution is -2.31. The summed E-state index contributed by atoms with van der Waals surface area (Å²) >= 11 is 3.50. The maximum atomic E-state index is 5.22. The van der Waals surface area contributed by atoms with E-state index in [1.165, 1.54) is 5.56 Å². The topological polar surface area (TPSA) is 56.1 Å². The van der Waals surface area contributed by atoms with Gasteiger partial charge in [0, 0.05) is 17.2 Å². The molecule has 4 rings (SSSR count). The molecule has 1 aliphatic rings. The van der Waals surface area contributed by atoms with Crippen LogP contribution in [0.25, 0.3) is 11.5 Å². The van der Waals surface area contributed by atoms with E-state index < -0.39 is 0 Å². The summed E-state index contributed by atoms with van der Waals surface area (Å²) in [6, 6.07) is 10.2. The van der Waals surface area contributed by atoms with Gasteiger partial charge in [0.05, 0.1) is 12.8 Å². The summed E-state index contributed by atoms with van der Waals surface area (Å²) in [7, 11) is 1.67. The molecule has 0 N–H and O–H groups in total. The summed E-state index contributed by atoms with van der Waals surface area (Å²) in [5.74, 6) is 1.66. The molecule has 0 aliphatic carbocycles. The second-order valence-corrected chi connectivity index (χ2v) is 6.21. The summed E-state index contributed by atoms with van der Waals surface area (Å²) in [4.78, 5) is 11.1. The minimum absolute atomic E-state index is 0.645. The molecule has 0 saturated heterocycles. The number of methoxy groups -OCH3 is 1. The second kappa shape index (κ2) is 5.66. The van der Waals surface area contributed by atoms with Crippen LogP contribution in [0.4, 0.5) is 5.69 Å². The van der Waals surface area contributed by atoms with Gasteiger partial charge in [0.25, 0.3) is 0 Å². The lowest BCUT2D eigenvalue weighted by atomic mass is 10.1. The number of benzene rings is 1. The highest BCUT2D eigenvalue weighted by molar-refractivity contribution is 9.10. The fraction of sp³-hybridized carbons (Fsp3) is 0.188. The average molecular weight is 372 g/mol. The molecule has 0 spiro atoms. The fourth-order valence-electron chi connectivity index (χ4n) is 2.72. The third-order valence-electron chi connectivity index (χ3n) is 3.84. The number of halogens is 1. The summed E-state index contributed by atoms with van der Waals surface area (Å²) in [5, 5.41) is 4.29. The van der Waals surface area contributed by atoms with Gasteiger partial charge in [0.2, 0.25) is 0 Å².